The number of ether oxygens (including phenoxy) is 1. The molecule has 2 rings (SSSR count). The van der Waals surface area contributed by atoms with Gasteiger partial charge in [-0.3, -0.25) is 0 Å². The number of aryl methyl sites for hydroxylation is 1. The summed E-state index contributed by atoms with van der Waals surface area (Å²) in [5.41, 5.74) is 3.39. The van der Waals surface area contributed by atoms with Crippen LogP contribution >= 0.6 is 0 Å². The Kier molecular flexibility index (Phi) is 6.45. The van der Waals surface area contributed by atoms with Gasteiger partial charge in [0.15, 0.2) is 0 Å². The van der Waals surface area contributed by atoms with Crippen LogP contribution in [0.1, 0.15) is 38.3 Å². The van der Waals surface area contributed by atoms with Crippen LogP contribution in [-0.2, 0) is 5.41 Å². The van der Waals surface area contributed by atoms with Gasteiger partial charge in [-0.25, -0.2) is 4.79 Å². The van der Waals surface area contributed by atoms with Gasteiger partial charge in [0.25, 0.3) is 0 Å². The zero-order valence-electron chi connectivity index (χ0n) is 15.6. The normalized spacial score (nSPS) is 11.0. The molecule has 0 atom stereocenters. The van der Waals surface area contributed by atoms with Crippen molar-refractivity contribution in [2.24, 2.45) is 0 Å². The summed E-state index contributed by atoms with van der Waals surface area (Å²) in [5.74, 6) is 0.858. The van der Waals surface area contributed by atoms with Crippen LogP contribution in [0, 0.1) is 6.92 Å². The summed E-state index contributed by atoms with van der Waals surface area (Å²) in [7, 11) is 0. The van der Waals surface area contributed by atoms with E-state index in [9.17, 15) is 4.79 Å². The minimum absolute atomic E-state index is 0.146. The maximum absolute atomic E-state index is 11.8. The number of nitrogens with one attached hydrogen (secondary N) is 2. The predicted octanol–water partition coefficient (Wildman–Crippen LogP) is 4.88. The predicted molar refractivity (Wildman–Crippen MR) is 103 cm³/mol. The van der Waals surface area contributed by atoms with Gasteiger partial charge in [0.05, 0.1) is 6.61 Å². The maximum atomic E-state index is 11.8. The molecular weight excluding hydrogens is 312 g/mol. The van der Waals surface area contributed by atoms with Gasteiger partial charge in [0.2, 0.25) is 0 Å². The van der Waals surface area contributed by atoms with Crippen molar-refractivity contribution in [2.45, 2.75) is 39.5 Å². The topological polar surface area (TPSA) is 50.4 Å². The molecule has 0 saturated heterocycles. The number of carbonyl (C=O) groups excluding carboxylic acids is 1. The van der Waals surface area contributed by atoms with E-state index in [1.54, 1.807) is 0 Å². The molecule has 2 aromatic carbocycles. The molecule has 4 nitrogen and oxygen atoms in total. The summed E-state index contributed by atoms with van der Waals surface area (Å²) in [5, 5.41) is 5.64. The zero-order chi connectivity index (χ0) is 18.3. The van der Waals surface area contributed by atoms with Crippen LogP contribution in [-0.4, -0.2) is 19.2 Å². The summed E-state index contributed by atoms with van der Waals surface area (Å²) in [4.78, 5) is 11.8. The van der Waals surface area contributed by atoms with Crippen LogP contribution in [0.3, 0.4) is 0 Å². The van der Waals surface area contributed by atoms with Crippen LogP contribution in [0.25, 0.3) is 0 Å². The molecule has 0 unspecified atom stereocenters. The second kappa shape index (κ2) is 8.56. The number of hydrogen-bond acceptors (Lipinski definition) is 2. The van der Waals surface area contributed by atoms with Gasteiger partial charge in [0, 0.05) is 12.2 Å². The first-order chi connectivity index (χ1) is 11.8. The number of anilines is 1. The Morgan fingerprint density at radius 2 is 1.64 bits per heavy atom. The second-order valence-corrected chi connectivity index (χ2v) is 7.22. The van der Waals surface area contributed by atoms with Crippen molar-refractivity contribution in [3.8, 4) is 5.75 Å². The molecule has 0 aliphatic heterocycles. The molecule has 0 aliphatic rings. The van der Waals surface area contributed by atoms with Crippen LogP contribution in [0.4, 0.5) is 10.5 Å². The first-order valence-corrected chi connectivity index (χ1v) is 8.69. The fourth-order valence-corrected chi connectivity index (χ4v) is 2.33. The van der Waals surface area contributed by atoms with E-state index in [1.165, 1.54) is 11.1 Å². The number of amides is 2. The molecule has 0 bridgehead atoms. The van der Waals surface area contributed by atoms with Gasteiger partial charge in [-0.15, -0.1) is 0 Å². The molecule has 2 amide bonds. The molecule has 0 fully saturated rings. The largest absolute Gasteiger partial charge is 0.494 e. The fraction of sp³-hybridized carbons (Fsp3) is 0.381. The van der Waals surface area contributed by atoms with E-state index in [2.05, 4.69) is 43.5 Å². The molecule has 0 aromatic heterocycles. The number of benzene rings is 2. The third-order valence-electron chi connectivity index (χ3n) is 3.91. The molecule has 25 heavy (non-hydrogen) atoms. The van der Waals surface area contributed by atoms with E-state index in [4.69, 9.17) is 4.74 Å². The van der Waals surface area contributed by atoms with E-state index in [0.29, 0.717) is 13.2 Å². The fourth-order valence-electron chi connectivity index (χ4n) is 2.33. The van der Waals surface area contributed by atoms with Gasteiger partial charge < -0.3 is 15.4 Å². The smallest absolute Gasteiger partial charge is 0.319 e. The van der Waals surface area contributed by atoms with E-state index < -0.39 is 0 Å². The number of hydrogen-bond donors (Lipinski definition) is 2. The molecule has 4 heteroatoms. The Balaban J connectivity index is 1.64. The molecule has 2 aromatic rings. The van der Waals surface area contributed by atoms with Crippen molar-refractivity contribution in [3.05, 3.63) is 59.7 Å². The second-order valence-electron chi connectivity index (χ2n) is 7.22. The highest BCUT2D eigenvalue weighted by atomic mass is 16.5. The first kappa shape index (κ1) is 18.8. The van der Waals surface area contributed by atoms with E-state index in [1.807, 2.05) is 43.3 Å². The van der Waals surface area contributed by atoms with Crippen LogP contribution in [0.2, 0.25) is 0 Å². The zero-order valence-corrected chi connectivity index (χ0v) is 15.6. The molecule has 0 spiro atoms. The average Bonchev–Trinajstić information content (AvgIpc) is 2.56. The number of carbonyl (C=O) groups is 1. The van der Waals surface area contributed by atoms with E-state index >= 15 is 0 Å². The Labute approximate surface area is 150 Å². The van der Waals surface area contributed by atoms with Crippen molar-refractivity contribution >= 4 is 11.7 Å². The number of urea groups is 1. The van der Waals surface area contributed by atoms with Gasteiger partial charge in [0.1, 0.15) is 5.75 Å². The third kappa shape index (κ3) is 6.49. The minimum Gasteiger partial charge on any atom is -0.494 e. The molecule has 0 heterocycles. The van der Waals surface area contributed by atoms with E-state index in [-0.39, 0.29) is 11.4 Å². The van der Waals surface area contributed by atoms with Gasteiger partial charge >= 0.3 is 6.03 Å². The highest BCUT2D eigenvalue weighted by molar-refractivity contribution is 5.89. The average molecular weight is 340 g/mol. The van der Waals surface area contributed by atoms with Crippen molar-refractivity contribution in [1.29, 1.82) is 0 Å². The Morgan fingerprint density at radius 3 is 2.24 bits per heavy atom. The van der Waals surface area contributed by atoms with Gasteiger partial charge in [-0.2, -0.15) is 0 Å². The quantitative estimate of drug-likeness (QED) is 0.736. The highest BCUT2D eigenvalue weighted by Gasteiger charge is 2.12. The van der Waals surface area contributed by atoms with Crippen molar-refractivity contribution in [1.82, 2.24) is 5.32 Å². The summed E-state index contributed by atoms with van der Waals surface area (Å²) in [6.45, 7) is 9.72. The first-order valence-electron chi connectivity index (χ1n) is 8.69. The van der Waals surface area contributed by atoms with Gasteiger partial charge in [-0.05, 0) is 48.6 Å². The van der Waals surface area contributed by atoms with E-state index in [0.717, 1.165) is 17.9 Å². The van der Waals surface area contributed by atoms with Crippen molar-refractivity contribution in [2.75, 3.05) is 18.5 Å². The molecular formula is C21H28N2O2. The summed E-state index contributed by atoms with van der Waals surface area (Å²) < 4.78 is 5.72. The number of rotatable bonds is 6. The summed E-state index contributed by atoms with van der Waals surface area (Å²) in [6, 6.07) is 15.7. The third-order valence-corrected chi connectivity index (χ3v) is 3.91. The van der Waals surface area contributed by atoms with Crippen LogP contribution < -0.4 is 15.4 Å². The van der Waals surface area contributed by atoms with Crippen molar-refractivity contribution < 1.29 is 9.53 Å². The van der Waals surface area contributed by atoms with Crippen LogP contribution in [0.15, 0.2) is 48.5 Å². The molecule has 0 radical (unpaired) electrons. The lowest BCUT2D eigenvalue weighted by atomic mass is 9.87. The summed E-state index contributed by atoms with van der Waals surface area (Å²) in [6.07, 6.45) is 0.752. The Bertz CT molecular complexity index is 671. The summed E-state index contributed by atoms with van der Waals surface area (Å²) >= 11 is 0. The van der Waals surface area contributed by atoms with Gasteiger partial charge in [-0.1, -0.05) is 50.6 Å². The lowest BCUT2D eigenvalue weighted by Crippen LogP contribution is -2.30. The molecule has 134 valence electrons. The van der Waals surface area contributed by atoms with Crippen molar-refractivity contribution in [3.63, 3.8) is 0 Å². The molecule has 2 N–H and O–H groups in total. The standard InChI is InChI=1S/C21H28N2O2/c1-16-6-10-18(11-7-16)23-20(24)22-14-5-15-25-19-12-8-17(9-13-19)21(2,3)4/h6-13H,5,14-15H2,1-4H3,(H2,22,23,24). The minimum atomic E-state index is -0.196. The Morgan fingerprint density at radius 1 is 1.00 bits per heavy atom. The monoisotopic (exact) mass is 340 g/mol. The lowest BCUT2D eigenvalue weighted by molar-refractivity contribution is 0.250. The Hall–Kier alpha value is -2.49. The highest BCUT2D eigenvalue weighted by Crippen LogP contribution is 2.24. The SMILES string of the molecule is Cc1ccc(NC(=O)NCCCOc2ccc(C(C)(C)C)cc2)cc1. The molecule has 0 saturated carbocycles. The maximum Gasteiger partial charge on any atom is 0.319 e. The lowest BCUT2D eigenvalue weighted by Gasteiger charge is -2.19. The van der Waals surface area contributed by atoms with Crippen LogP contribution in [0.5, 0.6) is 5.75 Å². The molecule has 0 aliphatic carbocycles.